The van der Waals surface area contributed by atoms with Gasteiger partial charge in [-0.15, -0.1) is 0 Å². The summed E-state index contributed by atoms with van der Waals surface area (Å²) in [5.74, 6) is -1.98. The lowest BCUT2D eigenvalue weighted by atomic mass is 9.84. The summed E-state index contributed by atoms with van der Waals surface area (Å²) in [7, 11) is 0. The maximum atomic E-state index is 14.7. The van der Waals surface area contributed by atoms with Gasteiger partial charge in [-0.3, -0.25) is 4.79 Å². The molecule has 194 valence electrons. The highest BCUT2D eigenvalue weighted by molar-refractivity contribution is 6.30. The van der Waals surface area contributed by atoms with E-state index in [9.17, 15) is 35.5 Å². The minimum atomic E-state index is -5.31. The zero-order valence-corrected chi connectivity index (χ0v) is 19.3. The highest BCUT2D eigenvalue weighted by atomic mass is 35.5. The summed E-state index contributed by atoms with van der Waals surface area (Å²) in [6, 6.07) is 4.78. The third-order valence-electron chi connectivity index (χ3n) is 6.20. The van der Waals surface area contributed by atoms with Crippen LogP contribution in [-0.2, 0) is 16.6 Å². The van der Waals surface area contributed by atoms with E-state index < -0.39 is 52.8 Å². The number of halogens is 8. The number of hydrogen-bond donors (Lipinski definition) is 2. The van der Waals surface area contributed by atoms with Gasteiger partial charge in [-0.2, -0.15) is 26.3 Å². The molecule has 0 bridgehead atoms. The topological polar surface area (TPSA) is 62.7 Å². The summed E-state index contributed by atoms with van der Waals surface area (Å²) in [5.41, 5.74) is -5.10. The second kappa shape index (κ2) is 9.22. The number of nitrogens with one attached hydrogen (secondary N) is 2. The van der Waals surface area contributed by atoms with Crippen LogP contribution < -0.4 is 10.6 Å². The van der Waals surface area contributed by atoms with Crippen LogP contribution in [0.5, 0.6) is 0 Å². The lowest BCUT2D eigenvalue weighted by Crippen LogP contribution is -2.57. The van der Waals surface area contributed by atoms with Gasteiger partial charge in [0.25, 0.3) is 11.5 Å². The highest BCUT2D eigenvalue weighted by Gasteiger charge is 2.62. The molecule has 0 saturated carbocycles. The van der Waals surface area contributed by atoms with E-state index in [2.05, 4.69) is 15.8 Å². The van der Waals surface area contributed by atoms with Crippen LogP contribution in [0.2, 0.25) is 5.02 Å². The van der Waals surface area contributed by atoms with Crippen LogP contribution in [0, 0.1) is 12.7 Å². The Kier molecular flexibility index (Phi) is 6.71. The number of carbonyl (C=O) groups excluding carboxylic acids is 1. The number of hydrogen-bond acceptors (Lipinski definition) is 4. The fourth-order valence-corrected chi connectivity index (χ4v) is 4.26. The summed E-state index contributed by atoms with van der Waals surface area (Å²) in [6.07, 6.45) is -11.7. The molecule has 2 N–H and O–H groups in total. The van der Waals surface area contributed by atoms with E-state index in [4.69, 9.17) is 16.4 Å². The fourth-order valence-electron chi connectivity index (χ4n) is 4.04. The summed E-state index contributed by atoms with van der Waals surface area (Å²) in [6.45, 7) is 2.94. The number of amides is 1. The van der Waals surface area contributed by atoms with Crippen LogP contribution in [0.25, 0.3) is 0 Å². The van der Waals surface area contributed by atoms with Crippen molar-refractivity contribution < 1.29 is 40.4 Å². The quantitative estimate of drug-likeness (QED) is 0.508. The molecule has 36 heavy (non-hydrogen) atoms. The van der Waals surface area contributed by atoms with Gasteiger partial charge in [0, 0.05) is 30.6 Å². The van der Waals surface area contributed by atoms with Crippen molar-refractivity contribution >= 4 is 23.2 Å². The number of oxime groups is 1. The van der Waals surface area contributed by atoms with E-state index in [0.717, 1.165) is 0 Å². The lowest BCUT2D eigenvalue weighted by molar-refractivity contribution is -0.292. The summed E-state index contributed by atoms with van der Waals surface area (Å²) in [4.78, 5) is 17.2. The standard InChI is InChI=1S/C23H19ClF7N3O2/c1-11-6-12(2-3-15(11)20(35)33-14-9-32-10-14)18-4-5-21(36-34-18,23(29,30)31)16-7-13(22(26,27)28)8-17(24)19(16)25/h2-3,6-8,14,32H,4-5,9-10H2,1H3,(H,33,35)/t21-/m1/s1. The molecule has 2 aromatic carbocycles. The monoisotopic (exact) mass is 537 g/mol. The van der Waals surface area contributed by atoms with Crippen molar-refractivity contribution in [2.45, 2.75) is 43.8 Å². The van der Waals surface area contributed by atoms with Gasteiger partial charge >= 0.3 is 12.4 Å². The number of carbonyl (C=O) groups is 1. The summed E-state index contributed by atoms with van der Waals surface area (Å²) in [5, 5.41) is 8.28. The molecule has 4 rings (SSSR count). The van der Waals surface area contributed by atoms with Crippen LogP contribution in [0.1, 0.15) is 45.5 Å². The first-order valence-electron chi connectivity index (χ1n) is 10.7. The van der Waals surface area contributed by atoms with Crippen LogP contribution >= 0.6 is 11.6 Å². The average molecular weight is 538 g/mol. The zero-order valence-electron chi connectivity index (χ0n) is 18.6. The SMILES string of the molecule is Cc1cc(C2=NO[C@](c3cc(C(F)(F)F)cc(Cl)c3F)(C(F)(F)F)CC2)ccc1C(=O)NC1CNC1. The molecule has 2 heterocycles. The molecule has 1 fully saturated rings. The van der Waals surface area contributed by atoms with Gasteiger partial charge < -0.3 is 15.5 Å². The Morgan fingerprint density at radius 1 is 1.17 bits per heavy atom. The second-order valence-electron chi connectivity index (χ2n) is 8.63. The minimum Gasteiger partial charge on any atom is -0.374 e. The molecule has 0 unspecified atom stereocenters. The molecule has 1 saturated heterocycles. The Bertz CT molecular complexity index is 1230. The largest absolute Gasteiger partial charge is 0.435 e. The molecular weight excluding hydrogens is 519 g/mol. The van der Waals surface area contributed by atoms with Gasteiger partial charge in [-0.1, -0.05) is 22.8 Å². The van der Waals surface area contributed by atoms with Gasteiger partial charge in [0.2, 0.25) is 0 Å². The first kappa shape index (κ1) is 26.2. The molecule has 5 nitrogen and oxygen atoms in total. The second-order valence-corrected chi connectivity index (χ2v) is 9.04. The average Bonchev–Trinajstić information content (AvgIpc) is 2.76. The minimum absolute atomic E-state index is 0.00735. The van der Waals surface area contributed by atoms with Gasteiger partial charge in [-0.05, 0) is 48.7 Å². The smallest absolute Gasteiger partial charge is 0.374 e. The Labute approximate surface area is 205 Å². The van der Waals surface area contributed by atoms with Crippen molar-refractivity contribution in [3.8, 4) is 0 Å². The molecule has 1 atom stereocenters. The molecule has 2 aromatic rings. The zero-order chi connectivity index (χ0) is 26.5. The Morgan fingerprint density at radius 3 is 2.36 bits per heavy atom. The Balaban J connectivity index is 1.66. The summed E-state index contributed by atoms with van der Waals surface area (Å²) >= 11 is 5.51. The maximum absolute atomic E-state index is 14.7. The highest BCUT2D eigenvalue weighted by Crippen LogP contribution is 2.50. The molecule has 0 aromatic heterocycles. The van der Waals surface area contributed by atoms with Crippen LogP contribution in [0.15, 0.2) is 35.5 Å². The summed E-state index contributed by atoms with van der Waals surface area (Å²) < 4.78 is 96.8. The van der Waals surface area contributed by atoms with E-state index in [-0.39, 0.29) is 29.8 Å². The van der Waals surface area contributed by atoms with Crippen molar-refractivity contribution in [2.75, 3.05) is 13.1 Å². The maximum Gasteiger partial charge on any atom is 0.435 e. The molecule has 2 aliphatic rings. The van der Waals surface area contributed by atoms with E-state index in [1.807, 2.05) is 0 Å². The Hall–Kier alpha value is -2.86. The van der Waals surface area contributed by atoms with Crippen molar-refractivity contribution in [3.05, 3.63) is 69.0 Å². The number of benzene rings is 2. The van der Waals surface area contributed by atoms with Crippen molar-refractivity contribution in [1.29, 1.82) is 0 Å². The first-order valence-corrected chi connectivity index (χ1v) is 11.1. The van der Waals surface area contributed by atoms with Gasteiger partial charge in [0.15, 0.2) is 0 Å². The fraction of sp³-hybridized carbons (Fsp3) is 0.391. The Morgan fingerprint density at radius 2 is 1.86 bits per heavy atom. The number of aryl methyl sites for hydroxylation is 1. The van der Waals surface area contributed by atoms with E-state index in [1.165, 1.54) is 12.1 Å². The van der Waals surface area contributed by atoms with Crippen molar-refractivity contribution in [2.24, 2.45) is 5.16 Å². The molecular formula is C23H19ClF7N3O2. The molecule has 2 aliphatic heterocycles. The van der Waals surface area contributed by atoms with E-state index in [0.29, 0.717) is 29.8 Å². The van der Waals surface area contributed by atoms with Crippen molar-refractivity contribution in [3.63, 3.8) is 0 Å². The number of nitrogens with zero attached hydrogens (tertiary/aromatic N) is 1. The van der Waals surface area contributed by atoms with Crippen LogP contribution in [0.3, 0.4) is 0 Å². The van der Waals surface area contributed by atoms with Gasteiger partial charge in [-0.25, -0.2) is 4.39 Å². The third kappa shape index (κ3) is 4.75. The van der Waals surface area contributed by atoms with E-state index in [1.54, 1.807) is 13.0 Å². The van der Waals surface area contributed by atoms with E-state index >= 15 is 0 Å². The van der Waals surface area contributed by atoms with Gasteiger partial charge in [0.1, 0.15) is 5.82 Å². The lowest BCUT2D eigenvalue weighted by Gasteiger charge is -2.37. The molecule has 0 radical (unpaired) electrons. The number of alkyl halides is 6. The first-order chi connectivity index (χ1) is 16.7. The molecule has 13 heteroatoms. The molecule has 0 aliphatic carbocycles. The predicted octanol–water partition coefficient (Wildman–Crippen LogP) is 5.48. The van der Waals surface area contributed by atoms with Crippen LogP contribution in [-0.4, -0.2) is 36.9 Å². The number of rotatable bonds is 4. The normalized spacial score (nSPS) is 20.9. The third-order valence-corrected chi connectivity index (χ3v) is 6.47. The predicted molar refractivity (Wildman–Crippen MR) is 116 cm³/mol. The van der Waals surface area contributed by atoms with Crippen molar-refractivity contribution in [1.82, 2.24) is 10.6 Å². The van der Waals surface area contributed by atoms with Gasteiger partial charge in [0.05, 0.1) is 22.3 Å². The molecule has 1 amide bonds. The molecule has 0 spiro atoms. The van der Waals surface area contributed by atoms with Crippen LogP contribution in [0.4, 0.5) is 30.7 Å².